The SMILES string of the molecule is CC(O)C12C3CCC(C)(C)[C@H]1[C@H]32. The van der Waals surface area contributed by atoms with E-state index in [0.717, 1.165) is 17.8 Å². The number of hydrogen-bond donors (Lipinski definition) is 1. The van der Waals surface area contributed by atoms with E-state index in [1.807, 2.05) is 6.92 Å². The third-order valence-corrected chi connectivity index (χ3v) is 5.00. The number of aliphatic hydroxyl groups excluding tert-OH is 1. The largest absolute Gasteiger partial charge is 0.393 e. The van der Waals surface area contributed by atoms with Crippen LogP contribution < -0.4 is 0 Å². The summed E-state index contributed by atoms with van der Waals surface area (Å²) in [5.74, 6) is 2.69. The first kappa shape index (κ1) is 7.37. The van der Waals surface area contributed by atoms with Crippen molar-refractivity contribution in [3.63, 3.8) is 0 Å². The van der Waals surface area contributed by atoms with E-state index in [2.05, 4.69) is 13.8 Å². The molecule has 0 aromatic rings. The summed E-state index contributed by atoms with van der Waals surface area (Å²) in [6, 6.07) is 0. The van der Waals surface area contributed by atoms with Crippen LogP contribution in [-0.2, 0) is 0 Å². The second kappa shape index (κ2) is 1.61. The van der Waals surface area contributed by atoms with Gasteiger partial charge in [-0.25, -0.2) is 0 Å². The van der Waals surface area contributed by atoms with Crippen LogP contribution in [0.2, 0.25) is 0 Å². The van der Waals surface area contributed by atoms with E-state index in [1.54, 1.807) is 0 Å². The fraction of sp³-hybridized carbons (Fsp3) is 1.00. The highest BCUT2D eigenvalue weighted by Gasteiger charge is 2.91. The summed E-state index contributed by atoms with van der Waals surface area (Å²) in [4.78, 5) is 0. The van der Waals surface area contributed by atoms with Crippen LogP contribution >= 0.6 is 0 Å². The Morgan fingerprint density at radius 2 is 2.08 bits per heavy atom. The van der Waals surface area contributed by atoms with Crippen molar-refractivity contribution in [3.8, 4) is 0 Å². The number of fused-ring (bicyclic) bond motifs is 2. The quantitative estimate of drug-likeness (QED) is 0.632. The third-order valence-electron chi connectivity index (χ3n) is 5.00. The molecule has 3 rings (SSSR count). The number of aliphatic hydroxyl groups is 1. The van der Waals surface area contributed by atoms with Crippen molar-refractivity contribution in [2.24, 2.45) is 28.6 Å². The van der Waals surface area contributed by atoms with E-state index in [9.17, 15) is 5.11 Å². The maximum atomic E-state index is 9.73. The van der Waals surface area contributed by atoms with Gasteiger partial charge in [-0.05, 0) is 42.9 Å². The average molecular weight is 166 g/mol. The van der Waals surface area contributed by atoms with E-state index in [1.165, 1.54) is 12.8 Å². The molecule has 0 radical (unpaired) electrons. The second-order valence-corrected chi connectivity index (χ2v) is 5.81. The predicted molar refractivity (Wildman–Crippen MR) is 47.6 cm³/mol. The topological polar surface area (TPSA) is 20.2 Å². The Morgan fingerprint density at radius 3 is 2.42 bits per heavy atom. The maximum absolute atomic E-state index is 9.73. The first-order valence-corrected chi connectivity index (χ1v) is 5.21. The van der Waals surface area contributed by atoms with Gasteiger partial charge in [-0.3, -0.25) is 0 Å². The molecule has 3 saturated carbocycles. The Kier molecular flexibility index (Phi) is 0.991. The Bertz CT molecular complexity index is 243. The lowest BCUT2D eigenvalue weighted by atomic mass is 9.65. The van der Waals surface area contributed by atoms with Crippen LogP contribution in [0.5, 0.6) is 0 Å². The van der Waals surface area contributed by atoms with Crippen molar-refractivity contribution in [2.75, 3.05) is 0 Å². The first-order valence-electron chi connectivity index (χ1n) is 5.21. The molecule has 1 nitrogen and oxygen atoms in total. The monoisotopic (exact) mass is 166 g/mol. The fourth-order valence-corrected chi connectivity index (χ4v) is 4.46. The molecule has 0 aromatic heterocycles. The van der Waals surface area contributed by atoms with Crippen molar-refractivity contribution in [2.45, 2.75) is 39.7 Å². The molecule has 3 fully saturated rings. The molecule has 0 aromatic carbocycles. The highest BCUT2D eigenvalue weighted by molar-refractivity contribution is 5.37. The van der Waals surface area contributed by atoms with Crippen LogP contribution in [0.15, 0.2) is 0 Å². The minimum Gasteiger partial charge on any atom is -0.393 e. The zero-order valence-electron chi connectivity index (χ0n) is 8.17. The molecule has 3 aliphatic carbocycles. The highest BCUT2D eigenvalue weighted by Crippen LogP contribution is 2.93. The molecule has 0 amide bonds. The molecule has 1 heteroatoms. The normalized spacial score (nSPS) is 60.5. The molecule has 3 unspecified atom stereocenters. The maximum Gasteiger partial charge on any atom is 0.0576 e. The Labute approximate surface area is 74.2 Å². The van der Waals surface area contributed by atoms with Gasteiger partial charge in [0.1, 0.15) is 0 Å². The van der Waals surface area contributed by atoms with Crippen molar-refractivity contribution < 1.29 is 5.11 Å². The Morgan fingerprint density at radius 1 is 1.42 bits per heavy atom. The molecule has 0 saturated heterocycles. The lowest BCUT2D eigenvalue weighted by Gasteiger charge is -2.40. The van der Waals surface area contributed by atoms with E-state index >= 15 is 0 Å². The van der Waals surface area contributed by atoms with Gasteiger partial charge >= 0.3 is 0 Å². The predicted octanol–water partition coefficient (Wildman–Crippen LogP) is 2.05. The minimum atomic E-state index is -0.0444. The zero-order valence-corrected chi connectivity index (χ0v) is 8.17. The van der Waals surface area contributed by atoms with Crippen LogP contribution in [0.4, 0.5) is 0 Å². The van der Waals surface area contributed by atoms with Crippen LogP contribution in [0.25, 0.3) is 0 Å². The van der Waals surface area contributed by atoms with E-state index < -0.39 is 0 Å². The summed E-state index contributed by atoms with van der Waals surface area (Å²) in [7, 11) is 0. The average Bonchev–Trinajstić information content (AvgIpc) is 2.67. The third kappa shape index (κ3) is 0.501. The molecule has 0 spiro atoms. The first-order chi connectivity index (χ1) is 5.53. The summed E-state index contributed by atoms with van der Waals surface area (Å²) >= 11 is 0. The Balaban J connectivity index is 1.91. The van der Waals surface area contributed by atoms with Crippen LogP contribution in [0.1, 0.15) is 33.6 Å². The molecule has 0 heterocycles. The van der Waals surface area contributed by atoms with Gasteiger partial charge < -0.3 is 5.11 Å². The summed E-state index contributed by atoms with van der Waals surface area (Å²) in [6.07, 6.45) is 2.71. The molecule has 0 aliphatic heterocycles. The molecule has 3 aliphatic rings. The fourth-order valence-electron chi connectivity index (χ4n) is 4.46. The molecular formula is C11H18O. The van der Waals surface area contributed by atoms with Crippen molar-refractivity contribution in [1.82, 2.24) is 0 Å². The molecule has 12 heavy (non-hydrogen) atoms. The van der Waals surface area contributed by atoms with E-state index in [4.69, 9.17) is 0 Å². The van der Waals surface area contributed by atoms with Gasteiger partial charge in [-0.2, -0.15) is 0 Å². The van der Waals surface area contributed by atoms with Crippen LogP contribution in [0, 0.1) is 28.6 Å². The number of rotatable bonds is 1. The van der Waals surface area contributed by atoms with Gasteiger partial charge in [-0.1, -0.05) is 13.8 Å². The highest BCUT2D eigenvalue weighted by atomic mass is 16.3. The molecule has 1 N–H and O–H groups in total. The lowest BCUT2D eigenvalue weighted by Crippen LogP contribution is -2.35. The van der Waals surface area contributed by atoms with Crippen LogP contribution in [-0.4, -0.2) is 11.2 Å². The Hall–Kier alpha value is -0.0400. The zero-order chi connectivity index (χ0) is 8.72. The van der Waals surface area contributed by atoms with E-state index in [-0.39, 0.29) is 6.10 Å². The standard InChI is InChI=1S/C11H18O/c1-6(12)11-7-4-5-10(2,3)9(11)8(7)11/h6-9,12H,4-5H2,1-3H3/t6?,7?,8-,9+,11?/m0/s1. The summed E-state index contributed by atoms with van der Waals surface area (Å²) in [6.45, 7) is 6.75. The van der Waals surface area contributed by atoms with Gasteiger partial charge in [0.15, 0.2) is 0 Å². The summed E-state index contributed by atoms with van der Waals surface area (Å²) < 4.78 is 0. The number of hydrogen-bond acceptors (Lipinski definition) is 1. The van der Waals surface area contributed by atoms with Gasteiger partial charge in [0.25, 0.3) is 0 Å². The van der Waals surface area contributed by atoms with Gasteiger partial charge in [0.05, 0.1) is 6.10 Å². The smallest absolute Gasteiger partial charge is 0.0576 e. The molecule has 68 valence electrons. The van der Waals surface area contributed by atoms with E-state index in [0.29, 0.717) is 10.8 Å². The van der Waals surface area contributed by atoms with Crippen molar-refractivity contribution >= 4 is 0 Å². The molecule has 5 atom stereocenters. The van der Waals surface area contributed by atoms with Gasteiger partial charge in [0.2, 0.25) is 0 Å². The summed E-state index contributed by atoms with van der Waals surface area (Å²) in [5, 5.41) is 9.73. The lowest BCUT2D eigenvalue weighted by molar-refractivity contribution is 0.0310. The van der Waals surface area contributed by atoms with Gasteiger partial charge in [0, 0.05) is 5.41 Å². The van der Waals surface area contributed by atoms with Gasteiger partial charge in [-0.15, -0.1) is 0 Å². The van der Waals surface area contributed by atoms with Crippen LogP contribution in [0.3, 0.4) is 0 Å². The molecular weight excluding hydrogens is 148 g/mol. The minimum absolute atomic E-state index is 0.0444. The van der Waals surface area contributed by atoms with Crippen molar-refractivity contribution in [3.05, 3.63) is 0 Å². The summed E-state index contributed by atoms with van der Waals surface area (Å²) in [5.41, 5.74) is 0.943. The molecule has 0 bridgehead atoms. The van der Waals surface area contributed by atoms with Crippen molar-refractivity contribution in [1.29, 1.82) is 0 Å². The second-order valence-electron chi connectivity index (χ2n) is 5.81.